The van der Waals surface area contributed by atoms with Gasteiger partial charge in [0, 0.05) is 5.69 Å². The Morgan fingerprint density at radius 2 is 2.12 bits per heavy atom. The Morgan fingerprint density at radius 1 is 1.27 bits per heavy atom. The normalized spacial score (nSPS) is 11.2. The van der Waals surface area contributed by atoms with E-state index >= 15 is 0 Å². The molecule has 0 radical (unpaired) electrons. The van der Waals surface area contributed by atoms with E-state index in [4.69, 9.17) is 14.2 Å². The van der Waals surface area contributed by atoms with Crippen molar-refractivity contribution in [3.05, 3.63) is 48.0 Å². The average molecular weight is 364 g/mol. The van der Waals surface area contributed by atoms with E-state index in [-0.39, 0.29) is 23.7 Å². The SMILES string of the molecule is N#Cc1cc(NCc2nc(-c3ccco3)no2)ccc1OCC(F)(F)F. The molecule has 134 valence electrons. The summed E-state index contributed by atoms with van der Waals surface area (Å²) in [5, 5.41) is 15.8. The molecular formula is C16H11F3N4O3. The topological polar surface area (TPSA) is 97.1 Å². The second-order valence-electron chi connectivity index (χ2n) is 5.07. The summed E-state index contributed by atoms with van der Waals surface area (Å²) in [4.78, 5) is 4.14. The van der Waals surface area contributed by atoms with Crippen LogP contribution in [0.15, 0.2) is 45.5 Å². The molecular weight excluding hydrogens is 353 g/mol. The summed E-state index contributed by atoms with van der Waals surface area (Å²) >= 11 is 0. The van der Waals surface area contributed by atoms with Crippen LogP contribution in [0.3, 0.4) is 0 Å². The largest absolute Gasteiger partial charge is 0.483 e. The fraction of sp³-hybridized carbons (Fsp3) is 0.188. The number of ether oxygens (including phenoxy) is 1. The number of rotatable bonds is 6. The number of alkyl halides is 3. The zero-order chi connectivity index (χ0) is 18.6. The first kappa shape index (κ1) is 17.3. The van der Waals surface area contributed by atoms with Crippen LogP contribution in [0.4, 0.5) is 18.9 Å². The lowest BCUT2D eigenvalue weighted by atomic mass is 10.2. The molecule has 3 rings (SSSR count). The maximum absolute atomic E-state index is 12.2. The van der Waals surface area contributed by atoms with Crippen molar-refractivity contribution in [3.8, 4) is 23.4 Å². The van der Waals surface area contributed by atoms with Crippen molar-refractivity contribution in [2.45, 2.75) is 12.7 Å². The highest BCUT2D eigenvalue weighted by atomic mass is 19.4. The first-order chi connectivity index (χ1) is 12.4. The maximum Gasteiger partial charge on any atom is 0.422 e. The highest BCUT2D eigenvalue weighted by molar-refractivity contribution is 5.55. The van der Waals surface area contributed by atoms with Gasteiger partial charge in [-0.05, 0) is 30.3 Å². The van der Waals surface area contributed by atoms with Gasteiger partial charge in [-0.25, -0.2) is 0 Å². The van der Waals surface area contributed by atoms with E-state index in [2.05, 4.69) is 20.2 Å². The third kappa shape index (κ3) is 4.32. The lowest BCUT2D eigenvalue weighted by Gasteiger charge is -2.11. The molecule has 0 aliphatic heterocycles. The van der Waals surface area contributed by atoms with Crippen LogP contribution in [0.1, 0.15) is 11.5 Å². The van der Waals surface area contributed by atoms with Gasteiger partial charge in [0.15, 0.2) is 12.4 Å². The molecule has 2 heterocycles. The fourth-order valence-electron chi connectivity index (χ4n) is 2.02. The van der Waals surface area contributed by atoms with Crippen LogP contribution in [0.25, 0.3) is 11.6 Å². The predicted octanol–water partition coefficient (Wildman–Crippen LogP) is 3.75. The average Bonchev–Trinajstić information content (AvgIpc) is 3.28. The fourth-order valence-corrected chi connectivity index (χ4v) is 2.02. The van der Waals surface area contributed by atoms with E-state index in [1.54, 1.807) is 18.2 Å². The first-order valence-electron chi connectivity index (χ1n) is 7.28. The van der Waals surface area contributed by atoms with Crippen molar-refractivity contribution in [1.29, 1.82) is 5.26 Å². The summed E-state index contributed by atoms with van der Waals surface area (Å²) in [7, 11) is 0. The van der Waals surface area contributed by atoms with Gasteiger partial charge in [-0.1, -0.05) is 5.16 Å². The highest BCUT2D eigenvalue weighted by Crippen LogP contribution is 2.25. The van der Waals surface area contributed by atoms with Crippen LogP contribution in [-0.2, 0) is 6.54 Å². The van der Waals surface area contributed by atoms with Gasteiger partial charge in [0.1, 0.15) is 11.8 Å². The molecule has 1 aromatic carbocycles. The van der Waals surface area contributed by atoms with Crippen LogP contribution in [0, 0.1) is 11.3 Å². The van der Waals surface area contributed by atoms with E-state index in [0.717, 1.165) is 0 Å². The van der Waals surface area contributed by atoms with E-state index in [9.17, 15) is 13.2 Å². The molecule has 0 saturated carbocycles. The minimum Gasteiger partial charge on any atom is -0.483 e. The van der Waals surface area contributed by atoms with Crippen LogP contribution in [0.5, 0.6) is 5.75 Å². The van der Waals surface area contributed by atoms with Gasteiger partial charge in [-0.3, -0.25) is 0 Å². The molecule has 0 bridgehead atoms. The molecule has 0 saturated heterocycles. The number of halogens is 3. The predicted molar refractivity (Wildman–Crippen MR) is 82.0 cm³/mol. The third-order valence-corrected chi connectivity index (χ3v) is 3.14. The Kier molecular flexibility index (Phi) is 4.79. The molecule has 0 atom stereocenters. The highest BCUT2D eigenvalue weighted by Gasteiger charge is 2.28. The molecule has 3 aromatic rings. The zero-order valence-electron chi connectivity index (χ0n) is 13.1. The summed E-state index contributed by atoms with van der Waals surface area (Å²) in [5.41, 5.74) is 0.458. The smallest absolute Gasteiger partial charge is 0.422 e. The lowest BCUT2D eigenvalue weighted by Crippen LogP contribution is -2.19. The molecule has 0 aliphatic carbocycles. The van der Waals surface area contributed by atoms with Gasteiger partial charge in [0.25, 0.3) is 0 Å². The number of nitrogens with one attached hydrogen (secondary N) is 1. The second kappa shape index (κ2) is 7.18. The van der Waals surface area contributed by atoms with Gasteiger partial charge in [-0.2, -0.15) is 23.4 Å². The number of anilines is 1. The number of benzene rings is 1. The molecule has 2 aromatic heterocycles. The Morgan fingerprint density at radius 3 is 2.81 bits per heavy atom. The molecule has 0 aliphatic rings. The van der Waals surface area contributed by atoms with E-state index in [1.165, 1.54) is 24.5 Å². The summed E-state index contributed by atoms with van der Waals surface area (Å²) in [6.45, 7) is -1.31. The number of aromatic nitrogens is 2. The number of furan rings is 1. The Labute approximate surface area is 145 Å². The minimum atomic E-state index is -4.48. The molecule has 0 spiro atoms. The first-order valence-corrected chi connectivity index (χ1v) is 7.28. The van der Waals surface area contributed by atoms with Crippen LogP contribution in [0.2, 0.25) is 0 Å². The Bertz CT molecular complexity index is 914. The standard InChI is InChI=1S/C16H11F3N4O3/c17-16(18,19)9-25-12-4-3-11(6-10(12)7-20)21-8-14-22-15(23-26-14)13-2-1-5-24-13/h1-6,21H,8-9H2. The summed E-state index contributed by atoms with van der Waals surface area (Å²) in [5.74, 6) is 0.874. The van der Waals surface area contributed by atoms with E-state index in [0.29, 0.717) is 17.3 Å². The zero-order valence-corrected chi connectivity index (χ0v) is 13.1. The lowest BCUT2D eigenvalue weighted by molar-refractivity contribution is -0.153. The van der Waals surface area contributed by atoms with Crippen molar-refractivity contribution in [2.75, 3.05) is 11.9 Å². The molecule has 26 heavy (non-hydrogen) atoms. The van der Waals surface area contributed by atoms with E-state index < -0.39 is 12.8 Å². The van der Waals surface area contributed by atoms with Crippen molar-refractivity contribution < 1.29 is 26.8 Å². The summed E-state index contributed by atoms with van der Waals surface area (Å²) < 4.78 is 51.5. The molecule has 1 N–H and O–H groups in total. The van der Waals surface area contributed by atoms with Gasteiger partial charge < -0.3 is 19.0 Å². The molecule has 10 heteroatoms. The maximum atomic E-state index is 12.2. The van der Waals surface area contributed by atoms with Gasteiger partial charge >= 0.3 is 6.18 Å². The molecule has 7 nitrogen and oxygen atoms in total. The number of hydrogen-bond acceptors (Lipinski definition) is 7. The van der Waals surface area contributed by atoms with Crippen molar-refractivity contribution in [3.63, 3.8) is 0 Å². The minimum absolute atomic E-state index is 0.0268. The summed E-state index contributed by atoms with van der Waals surface area (Å²) in [6, 6.07) is 9.31. The third-order valence-electron chi connectivity index (χ3n) is 3.14. The van der Waals surface area contributed by atoms with Crippen LogP contribution < -0.4 is 10.1 Å². The van der Waals surface area contributed by atoms with Gasteiger partial charge in [0.2, 0.25) is 11.7 Å². The Balaban J connectivity index is 1.64. The van der Waals surface area contributed by atoms with Crippen molar-refractivity contribution in [2.24, 2.45) is 0 Å². The van der Waals surface area contributed by atoms with E-state index in [1.807, 2.05) is 0 Å². The van der Waals surface area contributed by atoms with Crippen LogP contribution >= 0.6 is 0 Å². The van der Waals surface area contributed by atoms with Gasteiger partial charge in [0.05, 0.1) is 18.4 Å². The number of nitriles is 1. The van der Waals surface area contributed by atoms with Crippen molar-refractivity contribution in [1.82, 2.24) is 10.1 Å². The number of nitrogens with zero attached hydrogens (tertiary/aromatic N) is 3. The number of hydrogen-bond donors (Lipinski definition) is 1. The monoisotopic (exact) mass is 364 g/mol. The second-order valence-corrected chi connectivity index (χ2v) is 5.07. The van der Waals surface area contributed by atoms with Gasteiger partial charge in [-0.15, -0.1) is 0 Å². The molecule has 0 unspecified atom stereocenters. The molecule has 0 fully saturated rings. The quantitative estimate of drug-likeness (QED) is 0.711. The Hall–Kier alpha value is -3.48. The summed E-state index contributed by atoms with van der Waals surface area (Å²) in [6.07, 6.45) is -3.00. The van der Waals surface area contributed by atoms with Crippen molar-refractivity contribution >= 4 is 5.69 Å². The molecule has 0 amide bonds. The van der Waals surface area contributed by atoms with Crippen LogP contribution in [-0.4, -0.2) is 22.9 Å².